The number of ether oxygens (including phenoxy) is 3. The van der Waals surface area contributed by atoms with Gasteiger partial charge in [0.2, 0.25) is 0 Å². The smallest absolute Gasteiger partial charge is 0.295 e. The zero-order valence-corrected chi connectivity index (χ0v) is 22.2. The predicted octanol–water partition coefficient (Wildman–Crippen LogP) is 4.09. The first-order valence-corrected chi connectivity index (χ1v) is 12.0. The lowest BCUT2D eigenvalue weighted by Gasteiger charge is -2.26. The van der Waals surface area contributed by atoms with Crippen LogP contribution in [0, 0.1) is 13.8 Å². The fourth-order valence-electron chi connectivity index (χ4n) is 4.55. The molecule has 1 aliphatic rings. The molecule has 1 aliphatic heterocycles. The molecule has 0 aliphatic carbocycles. The number of aliphatic hydroxyl groups is 1. The van der Waals surface area contributed by atoms with Crippen molar-refractivity contribution in [1.82, 2.24) is 9.80 Å². The molecule has 1 fully saturated rings. The minimum Gasteiger partial charge on any atom is -0.507 e. The van der Waals surface area contributed by atoms with Crippen molar-refractivity contribution < 1.29 is 28.9 Å². The van der Waals surface area contributed by atoms with Crippen LogP contribution in [0.2, 0.25) is 0 Å². The first kappa shape index (κ1) is 27.1. The minimum atomic E-state index is -0.765. The summed E-state index contributed by atoms with van der Waals surface area (Å²) >= 11 is 0. The number of aliphatic hydroxyl groups excluding tert-OH is 1. The van der Waals surface area contributed by atoms with Crippen molar-refractivity contribution >= 4 is 17.4 Å². The second kappa shape index (κ2) is 11.5. The van der Waals surface area contributed by atoms with Crippen LogP contribution in [0.25, 0.3) is 5.76 Å². The summed E-state index contributed by atoms with van der Waals surface area (Å²) < 4.78 is 16.6. The van der Waals surface area contributed by atoms with E-state index in [9.17, 15) is 14.7 Å². The summed E-state index contributed by atoms with van der Waals surface area (Å²) in [6, 6.07) is 8.16. The molecule has 8 heteroatoms. The Hall–Kier alpha value is -3.52. The van der Waals surface area contributed by atoms with Gasteiger partial charge in [0.05, 0.1) is 32.4 Å². The van der Waals surface area contributed by atoms with Crippen LogP contribution in [-0.2, 0) is 9.59 Å². The number of Topliss-reactive ketones (excluding diaryl/α,β-unsaturated/α-hetero) is 1. The van der Waals surface area contributed by atoms with Crippen LogP contribution in [-0.4, -0.2) is 74.6 Å². The number of hydrogen-bond donors (Lipinski definition) is 1. The molecule has 1 unspecified atom stereocenters. The second-order valence-electron chi connectivity index (χ2n) is 9.13. The van der Waals surface area contributed by atoms with Gasteiger partial charge in [-0.25, -0.2) is 0 Å². The molecule has 3 rings (SSSR count). The van der Waals surface area contributed by atoms with E-state index in [4.69, 9.17) is 14.2 Å². The number of methoxy groups -OCH3 is 2. The van der Waals surface area contributed by atoms with Crippen molar-refractivity contribution in [2.24, 2.45) is 0 Å². The maximum absolute atomic E-state index is 13.4. The number of rotatable bonds is 10. The normalized spacial score (nSPS) is 17.1. The third-order valence-electron chi connectivity index (χ3n) is 6.34. The van der Waals surface area contributed by atoms with Crippen molar-refractivity contribution in [3.8, 4) is 17.2 Å². The van der Waals surface area contributed by atoms with E-state index in [-0.39, 0.29) is 11.3 Å². The Balaban J connectivity index is 2.20. The van der Waals surface area contributed by atoms with Gasteiger partial charge in [0, 0.05) is 12.1 Å². The Labute approximate surface area is 213 Å². The number of hydrogen-bond acceptors (Lipinski definition) is 7. The molecule has 2 aromatic rings. The molecule has 0 bridgehead atoms. The second-order valence-corrected chi connectivity index (χ2v) is 9.13. The Morgan fingerprint density at radius 2 is 1.69 bits per heavy atom. The lowest BCUT2D eigenvalue weighted by molar-refractivity contribution is -0.139. The van der Waals surface area contributed by atoms with Crippen molar-refractivity contribution in [1.29, 1.82) is 0 Å². The maximum atomic E-state index is 13.4. The third kappa shape index (κ3) is 5.33. The highest BCUT2D eigenvalue weighted by Gasteiger charge is 2.46. The van der Waals surface area contributed by atoms with Crippen molar-refractivity contribution in [2.45, 2.75) is 33.2 Å². The fraction of sp³-hybridized carbons (Fsp3) is 0.429. The van der Waals surface area contributed by atoms with Gasteiger partial charge in [0.1, 0.15) is 11.5 Å². The first-order chi connectivity index (χ1) is 17.1. The third-order valence-corrected chi connectivity index (χ3v) is 6.34. The van der Waals surface area contributed by atoms with E-state index < -0.39 is 17.7 Å². The molecule has 1 amide bonds. The quantitative estimate of drug-likeness (QED) is 0.301. The van der Waals surface area contributed by atoms with Crippen LogP contribution < -0.4 is 14.2 Å². The van der Waals surface area contributed by atoms with Crippen molar-refractivity contribution in [3.63, 3.8) is 0 Å². The van der Waals surface area contributed by atoms with Crippen molar-refractivity contribution in [2.75, 3.05) is 48.0 Å². The highest BCUT2D eigenvalue weighted by Crippen LogP contribution is 2.42. The first-order valence-electron chi connectivity index (χ1n) is 12.0. The summed E-state index contributed by atoms with van der Waals surface area (Å²) in [5, 5.41) is 11.5. The topological polar surface area (TPSA) is 88.5 Å². The van der Waals surface area contributed by atoms with Gasteiger partial charge in [0.15, 0.2) is 11.5 Å². The molecular weight excluding hydrogens is 460 g/mol. The van der Waals surface area contributed by atoms with Crippen LogP contribution in [0.3, 0.4) is 0 Å². The van der Waals surface area contributed by atoms with E-state index >= 15 is 0 Å². The van der Waals surface area contributed by atoms with Gasteiger partial charge in [-0.2, -0.15) is 0 Å². The summed E-state index contributed by atoms with van der Waals surface area (Å²) in [4.78, 5) is 30.1. The van der Waals surface area contributed by atoms with Crippen LogP contribution in [0.1, 0.15) is 41.6 Å². The standard InChI is InChI=1S/C28H36N2O6/c1-8-36-21-11-10-19(16-23(21)35-7)25-24(27(32)28(33)30(25)13-9-12-29(4)5)26(31)20-14-18(3)22(34-6)15-17(20)2/h10-11,14-16,25,31H,8-9,12-13H2,1-7H3/b26-24+. The average molecular weight is 497 g/mol. The number of benzene rings is 2. The molecule has 0 spiro atoms. The maximum Gasteiger partial charge on any atom is 0.295 e. The van der Waals surface area contributed by atoms with E-state index in [1.807, 2.05) is 51.9 Å². The largest absolute Gasteiger partial charge is 0.507 e. The molecule has 36 heavy (non-hydrogen) atoms. The van der Waals surface area contributed by atoms with Gasteiger partial charge in [-0.3, -0.25) is 9.59 Å². The Morgan fingerprint density at radius 1 is 1.00 bits per heavy atom. The summed E-state index contributed by atoms with van der Waals surface area (Å²) in [6.45, 7) is 7.16. The molecule has 0 saturated carbocycles. The highest BCUT2D eigenvalue weighted by atomic mass is 16.5. The molecule has 1 atom stereocenters. The molecule has 194 valence electrons. The van der Waals surface area contributed by atoms with E-state index in [0.29, 0.717) is 47.9 Å². The fourth-order valence-corrected chi connectivity index (χ4v) is 4.55. The number of carbonyl (C=O) groups excluding carboxylic acids is 2. The molecule has 1 saturated heterocycles. The average Bonchev–Trinajstić information content (AvgIpc) is 3.10. The Bertz CT molecular complexity index is 1170. The van der Waals surface area contributed by atoms with E-state index in [2.05, 4.69) is 0 Å². The molecular formula is C28H36N2O6. The minimum absolute atomic E-state index is 0.0590. The van der Waals surface area contributed by atoms with Crippen molar-refractivity contribution in [3.05, 3.63) is 58.2 Å². The van der Waals surface area contributed by atoms with Crippen LogP contribution >= 0.6 is 0 Å². The Morgan fingerprint density at radius 3 is 2.31 bits per heavy atom. The van der Waals surface area contributed by atoms with E-state index in [0.717, 1.165) is 17.7 Å². The van der Waals surface area contributed by atoms with E-state index in [1.54, 1.807) is 32.4 Å². The number of ketones is 1. The summed E-state index contributed by atoms with van der Waals surface area (Å²) in [6.07, 6.45) is 0.672. The van der Waals surface area contributed by atoms with Gasteiger partial charge >= 0.3 is 0 Å². The van der Waals surface area contributed by atoms with Gasteiger partial charge < -0.3 is 29.1 Å². The lowest BCUT2D eigenvalue weighted by Crippen LogP contribution is -2.32. The van der Waals surface area contributed by atoms with Crippen LogP contribution in [0.5, 0.6) is 17.2 Å². The summed E-state index contributed by atoms with van der Waals surface area (Å²) in [5.74, 6) is 0.198. The number of likely N-dealkylation sites (tertiary alicyclic amines) is 1. The van der Waals surface area contributed by atoms with Crippen LogP contribution in [0.15, 0.2) is 35.9 Å². The summed E-state index contributed by atoms with van der Waals surface area (Å²) in [5.41, 5.74) is 2.75. The van der Waals surface area contributed by atoms with Gasteiger partial charge in [-0.1, -0.05) is 6.07 Å². The predicted molar refractivity (Wildman–Crippen MR) is 139 cm³/mol. The number of carbonyl (C=O) groups is 2. The number of aryl methyl sites for hydroxylation is 2. The monoisotopic (exact) mass is 496 g/mol. The molecule has 1 heterocycles. The van der Waals surface area contributed by atoms with Gasteiger partial charge in [-0.15, -0.1) is 0 Å². The number of nitrogens with zero attached hydrogens (tertiary/aromatic N) is 2. The molecule has 0 radical (unpaired) electrons. The van der Waals surface area contributed by atoms with Crippen LogP contribution in [0.4, 0.5) is 0 Å². The van der Waals surface area contributed by atoms with E-state index in [1.165, 1.54) is 4.90 Å². The number of amides is 1. The summed E-state index contributed by atoms with van der Waals surface area (Å²) in [7, 11) is 7.04. The Kier molecular flexibility index (Phi) is 8.63. The highest BCUT2D eigenvalue weighted by molar-refractivity contribution is 6.46. The zero-order valence-electron chi connectivity index (χ0n) is 22.2. The van der Waals surface area contributed by atoms with Gasteiger partial charge in [0.25, 0.3) is 11.7 Å². The zero-order chi connectivity index (χ0) is 26.6. The molecule has 8 nitrogen and oxygen atoms in total. The molecule has 1 N–H and O–H groups in total. The lowest BCUT2D eigenvalue weighted by atomic mass is 9.93. The molecule has 2 aromatic carbocycles. The molecule has 0 aromatic heterocycles. The van der Waals surface area contributed by atoms with Gasteiger partial charge in [-0.05, 0) is 88.8 Å². The SMILES string of the molecule is CCOc1ccc(C2/C(=C(\O)c3cc(C)c(OC)cc3C)C(=O)C(=O)N2CCCN(C)C)cc1OC.